The van der Waals surface area contributed by atoms with Gasteiger partial charge < -0.3 is 10.4 Å². The van der Waals surface area contributed by atoms with Crippen LogP contribution in [0, 0.1) is 6.92 Å². The van der Waals surface area contributed by atoms with Crippen LogP contribution in [-0.4, -0.2) is 45.5 Å². The lowest BCUT2D eigenvalue weighted by Gasteiger charge is -2.01. The molecule has 1 aromatic rings. The number of aliphatic hydroxyl groups excluding tert-OH is 1. The average molecular weight is 283 g/mol. The van der Waals surface area contributed by atoms with Crippen molar-refractivity contribution in [3.8, 4) is 0 Å². The molecular weight excluding hydrogens is 262 g/mol. The van der Waals surface area contributed by atoms with Crippen molar-refractivity contribution in [2.75, 3.05) is 24.7 Å². The molecule has 6 heteroatoms. The molecule has 1 rings (SSSR count). The van der Waals surface area contributed by atoms with Crippen LogP contribution in [0.5, 0.6) is 0 Å². The summed E-state index contributed by atoms with van der Waals surface area (Å²) in [4.78, 5) is 11.5. The van der Waals surface area contributed by atoms with Crippen molar-refractivity contribution in [3.63, 3.8) is 0 Å². The van der Waals surface area contributed by atoms with Gasteiger partial charge in [-0.15, -0.1) is 0 Å². The molecule has 0 aromatic carbocycles. The molecule has 0 saturated carbocycles. The molecule has 1 heterocycles. The number of aryl methyl sites for hydroxylation is 1. The Morgan fingerprint density at radius 1 is 1.58 bits per heavy atom. The Kier molecular flexibility index (Phi) is 7.28. The predicted molar refractivity (Wildman–Crippen MR) is 79.0 cm³/mol. The molecule has 0 unspecified atom stereocenters. The number of rotatable bonds is 8. The van der Waals surface area contributed by atoms with E-state index in [2.05, 4.69) is 10.4 Å². The highest BCUT2D eigenvalue weighted by Gasteiger charge is 2.00. The first-order valence-electron chi connectivity index (χ1n) is 6.28. The zero-order chi connectivity index (χ0) is 14.1. The number of carbonyl (C=O) groups excluding carboxylic acids is 1. The van der Waals surface area contributed by atoms with Crippen LogP contribution in [0.15, 0.2) is 12.3 Å². The number of hydrogen-bond acceptors (Lipinski definition) is 4. The molecule has 2 N–H and O–H groups in total. The van der Waals surface area contributed by atoms with Crippen LogP contribution >= 0.6 is 11.8 Å². The monoisotopic (exact) mass is 283 g/mol. The lowest BCUT2D eigenvalue weighted by Crippen LogP contribution is -2.23. The fraction of sp³-hybridized carbons (Fsp3) is 0.538. The molecule has 0 saturated heterocycles. The van der Waals surface area contributed by atoms with Crippen molar-refractivity contribution in [3.05, 3.63) is 23.5 Å². The number of amides is 1. The number of thioether (sulfide) groups is 1. The third kappa shape index (κ3) is 5.94. The SMILES string of the molecule is Cc1c(/C=C/C(=O)NCCSCCCO)cnn1C. The van der Waals surface area contributed by atoms with Crippen LogP contribution in [-0.2, 0) is 11.8 Å². The van der Waals surface area contributed by atoms with E-state index in [-0.39, 0.29) is 12.5 Å². The summed E-state index contributed by atoms with van der Waals surface area (Å²) < 4.78 is 1.77. The minimum Gasteiger partial charge on any atom is -0.396 e. The largest absolute Gasteiger partial charge is 0.396 e. The van der Waals surface area contributed by atoms with Crippen molar-refractivity contribution < 1.29 is 9.90 Å². The fourth-order valence-electron chi connectivity index (χ4n) is 1.42. The summed E-state index contributed by atoms with van der Waals surface area (Å²) in [6.45, 7) is 2.83. The highest BCUT2D eigenvalue weighted by atomic mass is 32.2. The maximum absolute atomic E-state index is 11.5. The predicted octanol–water partition coefficient (Wildman–Crippen LogP) is 0.974. The summed E-state index contributed by atoms with van der Waals surface area (Å²) >= 11 is 1.73. The van der Waals surface area contributed by atoms with Crippen LogP contribution in [0.1, 0.15) is 17.7 Å². The Morgan fingerprint density at radius 2 is 2.37 bits per heavy atom. The van der Waals surface area contributed by atoms with Crippen LogP contribution in [0.2, 0.25) is 0 Å². The van der Waals surface area contributed by atoms with E-state index < -0.39 is 0 Å². The number of nitrogens with one attached hydrogen (secondary N) is 1. The second-order valence-corrected chi connectivity index (χ2v) is 5.35. The third-order valence-corrected chi connectivity index (χ3v) is 3.75. The molecule has 5 nitrogen and oxygen atoms in total. The summed E-state index contributed by atoms with van der Waals surface area (Å²) in [6, 6.07) is 0. The van der Waals surface area contributed by atoms with Crippen LogP contribution in [0.3, 0.4) is 0 Å². The van der Waals surface area contributed by atoms with E-state index >= 15 is 0 Å². The third-order valence-electron chi connectivity index (χ3n) is 2.68. The maximum Gasteiger partial charge on any atom is 0.244 e. The van der Waals surface area contributed by atoms with Crippen LogP contribution < -0.4 is 5.32 Å². The maximum atomic E-state index is 11.5. The molecule has 1 aromatic heterocycles. The molecule has 0 radical (unpaired) electrons. The Morgan fingerprint density at radius 3 is 3.00 bits per heavy atom. The van der Waals surface area contributed by atoms with Crippen molar-refractivity contribution >= 4 is 23.7 Å². The standard InChI is InChI=1S/C13H21N3O2S/c1-11-12(10-15-16(11)2)4-5-13(18)14-6-9-19-8-3-7-17/h4-5,10,17H,3,6-9H2,1-2H3,(H,14,18)/b5-4+. The molecular formula is C13H21N3O2S. The van der Waals surface area contributed by atoms with E-state index in [0.717, 1.165) is 29.2 Å². The second-order valence-electron chi connectivity index (χ2n) is 4.12. The van der Waals surface area contributed by atoms with Gasteiger partial charge in [0.1, 0.15) is 0 Å². The van der Waals surface area contributed by atoms with E-state index in [0.29, 0.717) is 6.54 Å². The van der Waals surface area contributed by atoms with E-state index in [1.165, 1.54) is 6.08 Å². The Balaban J connectivity index is 2.22. The molecule has 0 bridgehead atoms. The highest BCUT2D eigenvalue weighted by molar-refractivity contribution is 7.99. The lowest BCUT2D eigenvalue weighted by molar-refractivity contribution is -0.116. The Hall–Kier alpha value is -1.27. The zero-order valence-corrected chi connectivity index (χ0v) is 12.2. The first kappa shape index (κ1) is 15.8. The summed E-state index contributed by atoms with van der Waals surface area (Å²) in [6.07, 6.45) is 5.85. The van der Waals surface area contributed by atoms with Crippen molar-refractivity contribution in [2.24, 2.45) is 7.05 Å². The fourth-order valence-corrected chi connectivity index (χ4v) is 2.20. The topological polar surface area (TPSA) is 67.2 Å². The van der Waals surface area contributed by atoms with Crippen molar-refractivity contribution in [1.82, 2.24) is 15.1 Å². The van der Waals surface area contributed by atoms with Gasteiger partial charge in [-0.05, 0) is 25.2 Å². The quantitative estimate of drug-likeness (QED) is 0.551. The molecule has 0 atom stereocenters. The van der Waals surface area contributed by atoms with Crippen molar-refractivity contribution in [1.29, 1.82) is 0 Å². The number of carbonyl (C=O) groups is 1. The number of aromatic nitrogens is 2. The van der Waals surface area contributed by atoms with Crippen molar-refractivity contribution in [2.45, 2.75) is 13.3 Å². The van der Waals surface area contributed by atoms with Gasteiger partial charge in [0.25, 0.3) is 0 Å². The Labute approximate surface area is 118 Å². The van der Waals surface area contributed by atoms with Gasteiger partial charge in [-0.3, -0.25) is 9.48 Å². The molecule has 106 valence electrons. The molecule has 0 aliphatic heterocycles. The van der Waals surface area contributed by atoms with Crippen LogP contribution in [0.25, 0.3) is 6.08 Å². The van der Waals surface area contributed by atoms with Gasteiger partial charge in [0.15, 0.2) is 0 Å². The average Bonchev–Trinajstić information content (AvgIpc) is 2.72. The second kappa shape index (κ2) is 8.77. The minimum absolute atomic E-state index is 0.0917. The first-order valence-corrected chi connectivity index (χ1v) is 7.43. The zero-order valence-electron chi connectivity index (χ0n) is 11.4. The van der Waals surface area contributed by atoms with E-state index in [9.17, 15) is 4.79 Å². The molecule has 0 fully saturated rings. The van der Waals surface area contributed by atoms with Gasteiger partial charge in [-0.2, -0.15) is 16.9 Å². The smallest absolute Gasteiger partial charge is 0.244 e. The Bertz CT molecular complexity index is 430. The van der Waals surface area contributed by atoms with Crippen LogP contribution in [0.4, 0.5) is 0 Å². The van der Waals surface area contributed by atoms with Gasteiger partial charge in [0.2, 0.25) is 5.91 Å². The van der Waals surface area contributed by atoms with Gasteiger partial charge in [-0.25, -0.2) is 0 Å². The van der Waals surface area contributed by atoms with Gasteiger partial charge in [0.05, 0.1) is 6.20 Å². The number of hydrogen-bond donors (Lipinski definition) is 2. The minimum atomic E-state index is -0.0917. The normalized spacial score (nSPS) is 11.1. The molecule has 0 aliphatic carbocycles. The van der Waals surface area contributed by atoms with Gasteiger partial charge >= 0.3 is 0 Å². The molecule has 0 spiro atoms. The summed E-state index contributed by atoms with van der Waals surface area (Å²) in [5.74, 6) is 1.70. The van der Waals surface area contributed by atoms with E-state index in [1.807, 2.05) is 14.0 Å². The molecule has 0 aliphatic rings. The van der Waals surface area contributed by atoms with E-state index in [1.54, 1.807) is 28.7 Å². The van der Waals surface area contributed by atoms with Gasteiger partial charge in [0, 0.05) is 43.3 Å². The first-order chi connectivity index (χ1) is 9.15. The lowest BCUT2D eigenvalue weighted by atomic mass is 10.2. The van der Waals surface area contributed by atoms with Gasteiger partial charge in [-0.1, -0.05) is 0 Å². The molecule has 19 heavy (non-hydrogen) atoms. The van der Waals surface area contributed by atoms with E-state index in [4.69, 9.17) is 5.11 Å². The highest BCUT2D eigenvalue weighted by Crippen LogP contribution is 2.07. The number of nitrogens with zero attached hydrogens (tertiary/aromatic N) is 2. The number of aliphatic hydroxyl groups is 1. The summed E-state index contributed by atoms with van der Waals surface area (Å²) in [7, 11) is 1.87. The summed E-state index contributed by atoms with van der Waals surface area (Å²) in [5.41, 5.74) is 1.98. The molecule has 1 amide bonds. The summed E-state index contributed by atoms with van der Waals surface area (Å²) in [5, 5.41) is 15.5.